The van der Waals surface area contributed by atoms with Gasteiger partial charge in [-0.15, -0.1) is 0 Å². The SMILES string of the molecule is CCOC(=O)C1C(C)=NC2=C(C(=O)C[C@@H](c3cccc(OC)c3)C2)[C@@H]1c1cccnc1. The Balaban J connectivity index is 1.77. The first-order valence-electron chi connectivity index (χ1n) is 10.5. The van der Waals surface area contributed by atoms with Crippen molar-refractivity contribution >= 4 is 17.5 Å². The number of methoxy groups -OCH3 is 1. The quantitative estimate of drug-likeness (QED) is 0.679. The lowest BCUT2D eigenvalue weighted by Gasteiger charge is -2.36. The number of ketones is 1. The predicted molar refractivity (Wildman–Crippen MR) is 117 cm³/mol. The number of aliphatic imine (C=N–C) groups is 1. The number of pyridine rings is 1. The van der Waals surface area contributed by atoms with Crippen molar-refractivity contribution in [2.75, 3.05) is 13.7 Å². The molecule has 0 saturated carbocycles. The average Bonchev–Trinajstić information content (AvgIpc) is 2.78. The fraction of sp³-hybridized carbons (Fsp3) is 0.360. The van der Waals surface area contributed by atoms with E-state index in [-0.39, 0.29) is 24.3 Å². The summed E-state index contributed by atoms with van der Waals surface area (Å²) < 4.78 is 10.7. The Hall–Kier alpha value is -3.28. The second kappa shape index (κ2) is 8.84. The van der Waals surface area contributed by atoms with Crippen LogP contribution >= 0.6 is 0 Å². The maximum atomic E-state index is 13.5. The van der Waals surface area contributed by atoms with Gasteiger partial charge in [0, 0.05) is 41.7 Å². The lowest BCUT2D eigenvalue weighted by Crippen LogP contribution is -2.38. The topological polar surface area (TPSA) is 77.8 Å². The summed E-state index contributed by atoms with van der Waals surface area (Å²) in [5.41, 5.74) is 3.94. The third-order valence-corrected chi connectivity index (χ3v) is 6.04. The molecule has 0 spiro atoms. The zero-order valence-corrected chi connectivity index (χ0v) is 18.0. The van der Waals surface area contributed by atoms with Gasteiger partial charge in [-0.05, 0) is 55.5 Å². The number of aromatic nitrogens is 1. The number of allylic oxidation sites excluding steroid dienone is 2. The van der Waals surface area contributed by atoms with Crippen molar-refractivity contribution < 1.29 is 19.1 Å². The second-order valence-corrected chi connectivity index (χ2v) is 7.91. The van der Waals surface area contributed by atoms with Crippen molar-refractivity contribution in [3.8, 4) is 5.75 Å². The second-order valence-electron chi connectivity index (χ2n) is 7.91. The van der Waals surface area contributed by atoms with E-state index in [2.05, 4.69) is 4.98 Å². The minimum absolute atomic E-state index is 0.0200. The maximum Gasteiger partial charge on any atom is 0.315 e. The minimum atomic E-state index is -0.625. The van der Waals surface area contributed by atoms with Gasteiger partial charge >= 0.3 is 5.97 Å². The van der Waals surface area contributed by atoms with Crippen molar-refractivity contribution in [3.63, 3.8) is 0 Å². The van der Waals surface area contributed by atoms with Crippen LogP contribution in [-0.4, -0.2) is 36.2 Å². The number of esters is 1. The first-order chi connectivity index (χ1) is 15.0. The Morgan fingerprint density at radius 2 is 1.97 bits per heavy atom. The third-order valence-electron chi connectivity index (χ3n) is 6.04. The molecule has 1 aliphatic carbocycles. The number of hydrogen-bond acceptors (Lipinski definition) is 6. The van der Waals surface area contributed by atoms with Gasteiger partial charge in [0.05, 0.1) is 13.7 Å². The molecule has 1 aliphatic heterocycles. The summed E-state index contributed by atoms with van der Waals surface area (Å²) in [5.74, 6) is -0.602. The Kier molecular flexibility index (Phi) is 5.98. The van der Waals surface area contributed by atoms with Gasteiger partial charge in [0.2, 0.25) is 0 Å². The maximum absolute atomic E-state index is 13.5. The molecule has 31 heavy (non-hydrogen) atoms. The van der Waals surface area contributed by atoms with Gasteiger partial charge in [0.15, 0.2) is 5.78 Å². The van der Waals surface area contributed by atoms with Crippen molar-refractivity contribution in [3.05, 3.63) is 71.2 Å². The van der Waals surface area contributed by atoms with Gasteiger partial charge in [-0.2, -0.15) is 0 Å². The molecule has 0 fully saturated rings. The van der Waals surface area contributed by atoms with Crippen LogP contribution in [0.2, 0.25) is 0 Å². The highest BCUT2D eigenvalue weighted by Gasteiger charge is 2.44. The summed E-state index contributed by atoms with van der Waals surface area (Å²) >= 11 is 0. The van der Waals surface area contributed by atoms with E-state index in [0.717, 1.165) is 22.6 Å². The largest absolute Gasteiger partial charge is 0.497 e. The van der Waals surface area contributed by atoms with Gasteiger partial charge in [-0.3, -0.25) is 19.6 Å². The molecule has 0 N–H and O–H groups in total. The molecule has 1 unspecified atom stereocenters. The standard InChI is InChI=1S/C25H26N2O4/c1-4-31-25(29)22-15(2)27-20-12-18(16-7-5-9-19(11-16)30-3)13-21(28)24(20)23(22)17-8-6-10-26-14-17/h5-11,14,18,22-23H,4,12-13H2,1-3H3/t18-,22?,23+/m0/s1. The number of hydrogen-bond donors (Lipinski definition) is 0. The molecule has 160 valence electrons. The number of carbonyl (C=O) groups is 2. The van der Waals surface area contributed by atoms with Crippen LogP contribution in [0.25, 0.3) is 0 Å². The molecular weight excluding hydrogens is 392 g/mol. The van der Waals surface area contributed by atoms with E-state index in [0.29, 0.717) is 24.1 Å². The zero-order chi connectivity index (χ0) is 22.0. The van der Waals surface area contributed by atoms with Gasteiger partial charge in [0.1, 0.15) is 11.7 Å². The molecule has 0 saturated heterocycles. The van der Waals surface area contributed by atoms with Crippen molar-refractivity contribution in [1.29, 1.82) is 0 Å². The summed E-state index contributed by atoms with van der Waals surface area (Å²) in [5, 5.41) is 0. The highest BCUT2D eigenvalue weighted by Crippen LogP contribution is 2.46. The van der Waals surface area contributed by atoms with E-state index >= 15 is 0 Å². The molecular formula is C25H26N2O4. The predicted octanol–water partition coefficient (Wildman–Crippen LogP) is 4.23. The molecule has 4 rings (SSSR count). The number of nitrogens with zero attached hydrogens (tertiary/aromatic N) is 2. The van der Waals surface area contributed by atoms with Crippen molar-refractivity contribution in [2.24, 2.45) is 10.9 Å². The molecule has 2 aliphatic rings. The summed E-state index contributed by atoms with van der Waals surface area (Å²) in [4.78, 5) is 35.3. The van der Waals surface area contributed by atoms with E-state index in [1.165, 1.54) is 0 Å². The molecule has 2 heterocycles. The van der Waals surface area contributed by atoms with Gasteiger partial charge in [0.25, 0.3) is 0 Å². The Morgan fingerprint density at radius 3 is 2.68 bits per heavy atom. The van der Waals surface area contributed by atoms with Crippen LogP contribution in [0.4, 0.5) is 0 Å². The van der Waals surface area contributed by atoms with Crippen LogP contribution in [-0.2, 0) is 14.3 Å². The third kappa shape index (κ3) is 4.02. The van der Waals surface area contributed by atoms with E-state index in [4.69, 9.17) is 14.5 Å². The fourth-order valence-corrected chi connectivity index (χ4v) is 4.65. The smallest absolute Gasteiger partial charge is 0.315 e. The van der Waals surface area contributed by atoms with Crippen LogP contribution in [0.5, 0.6) is 5.75 Å². The summed E-state index contributed by atoms with van der Waals surface area (Å²) in [6.45, 7) is 3.90. The fourth-order valence-electron chi connectivity index (χ4n) is 4.65. The monoisotopic (exact) mass is 418 g/mol. The number of Topliss-reactive ketones (excluding diaryl/α,β-unsaturated/α-hetero) is 1. The van der Waals surface area contributed by atoms with Crippen LogP contribution in [0.1, 0.15) is 49.7 Å². The van der Waals surface area contributed by atoms with Gasteiger partial charge in [-0.1, -0.05) is 18.2 Å². The highest BCUT2D eigenvalue weighted by molar-refractivity contribution is 6.09. The van der Waals surface area contributed by atoms with Crippen molar-refractivity contribution in [2.45, 2.75) is 38.5 Å². The number of ether oxygens (including phenoxy) is 2. The van der Waals surface area contributed by atoms with E-state index < -0.39 is 11.8 Å². The van der Waals surface area contributed by atoms with Crippen LogP contribution in [0, 0.1) is 5.92 Å². The number of rotatable bonds is 5. The Labute approximate surface area is 182 Å². The molecule has 1 aromatic heterocycles. The normalized spacial score (nSPS) is 23.1. The molecule has 0 bridgehead atoms. The molecule has 6 nitrogen and oxygen atoms in total. The molecule has 0 amide bonds. The van der Waals surface area contributed by atoms with E-state index in [9.17, 15) is 9.59 Å². The van der Waals surface area contributed by atoms with E-state index in [1.54, 1.807) is 26.4 Å². The Morgan fingerprint density at radius 1 is 1.16 bits per heavy atom. The molecule has 6 heteroatoms. The lowest BCUT2D eigenvalue weighted by molar-refractivity contribution is -0.146. The summed E-state index contributed by atoms with van der Waals surface area (Å²) in [6, 6.07) is 11.6. The number of benzene rings is 1. The average molecular weight is 418 g/mol. The minimum Gasteiger partial charge on any atom is -0.497 e. The summed E-state index contributed by atoms with van der Waals surface area (Å²) in [6.07, 6.45) is 4.41. The van der Waals surface area contributed by atoms with E-state index in [1.807, 2.05) is 43.3 Å². The lowest BCUT2D eigenvalue weighted by atomic mass is 9.69. The zero-order valence-electron chi connectivity index (χ0n) is 18.0. The van der Waals surface area contributed by atoms with Crippen LogP contribution < -0.4 is 4.74 Å². The highest BCUT2D eigenvalue weighted by atomic mass is 16.5. The van der Waals surface area contributed by atoms with Crippen LogP contribution in [0.3, 0.4) is 0 Å². The van der Waals surface area contributed by atoms with Gasteiger partial charge < -0.3 is 9.47 Å². The first-order valence-corrected chi connectivity index (χ1v) is 10.5. The number of carbonyl (C=O) groups excluding carboxylic acids is 2. The molecule has 3 atom stereocenters. The molecule has 2 aromatic rings. The van der Waals surface area contributed by atoms with Crippen molar-refractivity contribution in [1.82, 2.24) is 4.98 Å². The van der Waals surface area contributed by atoms with Gasteiger partial charge in [-0.25, -0.2) is 0 Å². The molecule has 0 radical (unpaired) electrons. The Bertz CT molecular complexity index is 1060. The first kappa shape index (κ1) is 21.0. The molecule has 1 aromatic carbocycles. The summed E-state index contributed by atoms with van der Waals surface area (Å²) in [7, 11) is 1.63. The van der Waals surface area contributed by atoms with Crippen LogP contribution in [0.15, 0.2) is 65.1 Å².